The van der Waals surface area contributed by atoms with E-state index in [0.29, 0.717) is 34.9 Å². The molecule has 0 aliphatic heterocycles. The van der Waals surface area contributed by atoms with Gasteiger partial charge < -0.3 is 19.5 Å². The van der Waals surface area contributed by atoms with Crippen molar-refractivity contribution in [3.8, 4) is 23.3 Å². The Hall–Kier alpha value is -3.46. The molecule has 0 radical (unpaired) electrons. The van der Waals surface area contributed by atoms with Gasteiger partial charge in [0.05, 0.1) is 33.8 Å². The van der Waals surface area contributed by atoms with E-state index >= 15 is 0 Å². The van der Waals surface area contributed by atoms with Crippen LogP contribution in [0.1, 0.15) is 11.1 Å². The number of anilines is 1. The third-order valence-electron chi connectivity index (χ3n) is 3.65. The predicted octanol–water partition coefficient (Wildman–Crippen LogP) is 3.43. The summed E-state index contributed by atoms with van der Waals surface area (Å²) in [4.78, 5) is 12.1. The molecule has 0 unspecified atom stereocenters. The molecule has 134 valence electrons. The molecular weight excluding hydrogens is 332 g/mol. The summed E-state index contributed by atoms with van der Waals surface area (Å²) in [5.41, 5.74) is 2.24. The molecule has 2 aromatic carbocycles. The highest BCUT2D eigenvalue weighted by atomic mass is 16.5. The van der Waals surface area contributed by atoms with Crippen LogP contribution in [0.3, 0.4) is 0 Å². The van der Waals surface area contributed by atoms with Crippen LogP contribution >= 0.6 is 0 Å². The highest BCUT2D eigenvalue weighted by Gasteiger charge is 2.14. The van der Waals surface area contributed by atoms with Crippen LogP contribution in [-0.4, -0.2) is 27.2 Å². The van der Waals surface area contributed by atoms with Crippen molar-refractivity contribution in [3.05, 3.63) is 53.6 Å². The molecule has 6 heteroatoms. The van der Waals surface area contributed by atoms with Gasteiger partial charge in [-0.25, -0.2) is 0 Å². The number of amides is 1. The lowest BCUT2D eigenvalue weighted by Gasteiger charge is -2.13. The average molecular weight is 352 g/mol. The van der Waals surface area contributed by atoms with E-state index in [1.165, 1.54) is 20.3 Å². The third-order valence-corrected chi connectivity index (χ3v) is 3.65. The molecule has 2 rings (SSSR count). The van der Waals surface area contributed by atoms with Gasteiger partial charge in [-0.2, -0.15) is 5.26 Å². The molecule has 26 heavy (non-hydrogen) atoms. The number of ether oxygens (including phenoxy) is 3. The minimum absolute atomic E-state index is 0.283. The average Bonchev–Trinajstić information content (AvgIpc) is 2.67. The van der Waals surface area contributed by atoms with Crippen LogP contribution in [0.15, 0.2) is 42.5 Å². The van der Waals surface area contributed by atoms with Crippen LogP contribution in [0.4, 0.5) is 5.69 Å². The fraction of sp³-hybridized carbons (Fsp3) is 0.200. The summed E-state index contributed by atoms with van der Waals surface area (Å²) in [7, 11) is 4.59. The second-order valence-electron chi connectivity index (χ2n) is 5.28. The van der Waals surface area contributed by atoms with Gasteiger partial charge in [-0.05, 0) is 35.9 Å². The molecule has 0 saturated heterocycles. The minimum atomic E-state index is -0.283. The number of rotatable bonds is 7. The summed E-state index contributed by atoms with van der Waals surface area (Å²) in [6.45, 7) is 0. The number of nitrogens with one attached hydrogen (secondary N) is 1. The smallest absolute Gasteiger partial charge is 0.248 e. The standard InChI is InChI=1S/C20H20N2O4/c1-24-17-10-6-15(19(25-2)20(17)26-3)7-11-18(23)22-16-8-4-14(5-9-16)12-13-21/h4-11H,12H2,1-3H3,(H,22,23). The number of nitrogens with zero attached hydrogens (tertiary/aromatic N) is 1. The molecule has 6 nitrogen and oxygen atoms in total. The van der Waals surface area contributed by atoms with E-state index in [2.05, 4.69) is 11.4 Å². The van der Waals surface area contributed by atoms with Crippen molar-refractivity contribution in [2.24, 2.45) is 0 Å². The fourth-order valence-corrected chi connectivity index (χ4v) is 2.40. The fourth-order valence-electron chi connectivity index (χ4n) is 2.40. The van der Waals surface area contributed by atoms with Crippen LogP contribution < -0.4 is 19.5 Å². The number of benzene rings is 2. The van der Waals surface area contributed by atoms with Crippen LogP contribution in [0.25, 0.3) is 6.08 Å². The Morgan fingerprint density at radius 3 is 2.31 bits per heavy atom. The minimum Gasteiger partial charge on any atom is -0.493 e. The summed E-state index contributed by atoms with van der Waals surface area (Å²) in [6, 6.07) is 12.7. The summed E-state index contributed by atoms with van der Waals surface area (Å²) in [5.74, 6) is 1.21. The van der Waals surface area contributed by atoms with E-state index in [4.69, 9.17) is 19.5 Å². The molecule has 0 aliphatic rings. The topological polar surface area (TPSA) is 80.6 Å². The van der Waals surface area contributed by atoms with E-state index in [1.807, 2.05) is 0 Å². The molecular formula is C20H20N2O4. The summed E-state index contributed by atoms with van der Waals surface area (Å²) < 4.78 is 15.9. The van der Waals surface area contributed by atoms with E-state index in [9.17, 15) is 4.79 Å². The maximum absolute atomic E-state index is 12.1. The Morgan fingerprint density at radius 2 is 1.73 bits per heavy atom. The molecule has 0 heterocycles. The van der Waals surface area contributed by atoms with E-state index in [0.717, 1.165) is 5.56 Å². The zero-order valence-electron chi connectivity index (χ0n) is 14.9. The number of methoxy groups -OCH3 is 3. The van der Waals surface area contributed by atoms with Crippen LogP contribution in [0.5, 0.6) is 17.2 Å². The van der Waals surface area contributed by atoms with Crippen molar-refractivity contribution < 1.29 is 19.0 Å². The first-order valence-corrected chi connectivity index (χ1v) is 7.86. The summed E-state index contributed by atoms with van der Waals surface area (Å²) >= 11 is 0. The van der Waals surface area contributed by atoms with Gasteiger partial charge in [0, 0.05) is 17.3 Å². The Bertz CT molecular complexity index is 836. The molecule has 0 spiro atoms. The third kappa shape index (κ3) is 4.54. The molecule has 0 aliphatic carbocycles. The number of carbonyl (C=O) groups is 1. The zero-order chi connectivity index (χ0) is 18.9. The number of nitriles is 1. The first-order valence-electron chi connectivity index (χ1n) is 7.86. The van der Waals surface area contributed by atoms with E-state index in [-0.39, 0.29) is 5.91 Å². The zero-order valence-corrected chi connectivity index (χ0v) is 14.9. The maximum atomic E-state index is 12.1. The van der Waals surface area contributed by atoms with Crippen LogP contribution in [-0.2, 0) is 11.2 Å². The molecule has 1 amide bonds. The van der Waals surface area contributed by atoms with Crippen molar-refractivity contribution in [2.75, 3.05) is 26.6 Å². The Labute approximate surface area is 152 Å². The first kappa shape index (κ1) is 18.9. The second-order valence-corrected chi connectivity index (χ2v) is 5.28. The summed E-state index contributed by atoms with van der Waals surface area (Å²) in [6.07, 6.45) is 3.39. The normalized spacial score (nSPS) is 10.2. The van der Waals surface area contributed by atoms with E-state index in [1.54, 1.807) is 49.6 Å². The van der Waals surface area contributed by atoms with Gasteiger partial charge in [0.15, 0.2) is 11.5 Å². The monoisotopic (exact) mass is 352 g/mol. The predicted molar refractivity (Wildman–Crippen MR) is 99.5 cm³/mol. The molecule has 2 aromatic rings. The Kier molecular flexibility index (Phi) is 6.63. The van der Waals surface area contributed by atoms with Crippen molar-refractivity contribution in [1.29, 1.82) is 5.26 Å². The lowest BCUT2D eigenvalue weighted by Crippen LogP contribution is -2.07. The van der Waals surface area contributed by atoms with Crippen LogP contribution in [0, 0.1) is 11.3 Å². The highest BCUT2D eigenvalue weighted by Crippen LogP contribution is 2.40. The van der Waals surface area contributed by atoms with Gasteiger partial charge in [0.25, 0.3) is 0 Å². The molecule has 0 saturated carbocycles. The van der Waals surface area contributed by atoms with Gasteiger partial charge in [-0.1, -0.05) is 12.1 Å². The van der Waals surface area contributed by atoms with Gasteiger partial charge in [-0.3, -0.25) is 4.79 Å². The van der Waals surface area contributed by atoms with E-state index < -0.39 is 0 Å². The Balaban J connectivity index is 2.13. The van der Waals surface area contributed by atoms with Crippen molar-refractivity contribution >= 4 is 17.7 Å². The largest absolute Gasteiger partial charge is 0.493 e. The van der Waals surface area contributed by atoms with Crippen molar-refractivity contribution in [3.63, 3.8) is 0 Å². The SMILES string of the molecule is COc1ccc(C=CC(=O)Nc2ccc(CC#N)cc2)c(OC)c1OC. The number of carbonyl (C=O) groups excluding carboxylic acids is 1. The molecule has 1 N–H and O–H groups in total. The van der Waals surface area contributed by atoms with Crippen LogP contribution in [0.2, 0.25) is 0 Å². The lowest BCUT2D eigenvalue weighted by molar-refractivity contribution is -0.111. The number of hydrogen-bond acceptors (Lipinski definition) is 5. The molecule has 0 aromatic heterocycles. The van der Waals surface area contributed by atoms with Crippen molar-refractivity contribution in [2.45, 2.75) is 6.42 Å². The molecule has 0 fully saturated rings. The van der Waals surface area contributed by atoms with Gasteiger partial charge in [-0.15, -0.1) is 0 Å². The first-order chi connectivity index (χ1) is 12.6. The quantitative estimate of drug-likeness (QED) is 0.772. The Morgan fingerprint density at radius 1 is 1.04 bits per heavy atom. The molecule has 0 bridgehead atoms. The van der Waals surface area contributed by atoms with Crippen molar-refractivity contribution in [1.82, 2.24) is 0 Å². The van der Waals surface area contributed by atoms with Gasteiger partial charge in [0.2, 0.25) is 11.7 Å². The van der Waals surface area contributed by atoms with Gasteiger partial charge >= 0.3 is 0 Å². The number of hydrogen-bond donors (Lipinski definition) is 1. The molecule has 0 atom stereocenters. The maximum Gasteiger partial charge on any atom is 0.248 e. The lowest BCUT2D eigenvalue weighted by atomic mass is 10.1. The van der Waals surface area contributed by atoms with Gasteiger partial charge in [0.1, 0.15) is 0 Å². The highest BCUT2D eigenvalue weighted by molar-refractivity contribution is 6.02. The summed E-state index contributed by atoms with van der Waals surface area (Å²) in [5, 5.41) is 11.4. The second kappa shape index (κ2) is 9.14.